The maximum Gasteiger partial charge on any atom is 0.282 e. The first kappa shape index (κ1) is 17.9. The number of ketones is 1. The van der Waals surface area contributed by atoms with Crippen molar-refractivity contribution in [2.75, 3.05) is 7.11 Å². The number of benzene rings is 2. The van der Waals surface area contributed by atoms with E-state index >= 15 is 0 Å². The SMILES string of the molecule is COc1ccc(C(=O)c2c(C)[nH]n(-c3cccc([N+](=O)[O-])c3)c2=O)c(O)c1. The predicted octanol–water partition coefficient (Wildman–Crippen LogP) is 2.33. The molecule has 3 aromatic rings. The number of non-ortho nitro benzene ring substituents is 1. The molecule has 9 nitrogen and oxygen atoms in total. The zero-order valence-corrected chi connectivity index (χ0v) is 14.4. The molecule has 0 atom stereocenters. The lowest BCUT2D eigenvalue weighted by molar-refractivity contribution is -0.384. The largest absolute Gasteiger partial charge is 0.507 e. The summed E-state index contributed by atoms with van der Waals surface area (Å²) in [6.07, 6.45) is 0. The molecule has 2 N–H and O–H groups in total. The number of nitro groups is 1. The minimum atomic E-state index is -0.673. The van der Waals surface area contributed by atoms with Crippen LogP contribution in [0.1, 0.15) is 21.6 Å². The van der Waals surface area contributed by atoms with Crippen LogP contribution in [-0.4, -0.2) is 32.7 Å². The Hall–Kier alpha value is -3.88. The van der Waals surface area contributed by atoms with Crippen LogP contribution in [-0.2, 0) is 0 Å². The van der Waals surface area contributed by atoms with Crippen LogP contribution >= 0.6 is 0 Å². The van der Waals surface area contributed by atoms with E-state index in [2.05, 4.69) is 5.10 Å². The monoisotopic (exact) mass is 369 g/mol. The molecular formula is C18H15N3O6. The Labute approximate surface area is 152 Å². The number of ether oxygens (including phenoxy) is 1. The molecule has 0 aliphatic carbocycles. The molecule has 1 aromatic heterocycles. The van der Waals surface area contributed by atoms with Crippen LogP contribution in [0.2, 0.25) is 0 Å². The number of hydrogen-bond acceptors (Lipinski definition) is 6. The normalized spacial score (nSPS) is 10.6. The van der Waals surface area contributed by atoms with E-state index in [0.717, 1.165) is 4.68 Å². The highest BCUT2D eigenvalue weighted by Gasteiger charge is 2.23. The van der Waals surface area contributed by atoms with Gasteiger partial charge in [0.05, 0.1) is 23.3 Å². The minimum absolute atomic E-state index is 0.0545. The molecule has 0 spiro atoms. The Morgan fingerprint density at radius 3 is 2.63 bits per heavy atom. The second-order valence-electron chi connectivity index (χ2n) is 5.74. The standard InChI is InChI=1S/C18H15N3O6/c1-10-16(17(23)14-7-6-13(27-2)9-15(14)22)18(24)20(19-10)11-4-3-5-12(8-11)21(25)26/h3-9,19,22H,1-2H3. The molecule has 3 rings (SSSR count). The molecule has 27 heavy (non-hydrogen) atoms. The summed E-state index contributed by atoms with van der Waals surface area (Å²) < 4.78 is 6.03. The van der Waals surface area contributed by atoms with E-state index in [1.54, 1.807) is 0 Å². The van der Waals surface area contributed by atoms with E-state index in [1.165, 1.54) is 56.5 Å². The van der Waals surface area contributed by atoms with Crippen molar-refractivity contribution in [3.05, 3.63) is 79.8 Å². The predicted molar refractivity (Wildman–Crippen MR) is 95.9 cm³/mol. The number of H-pyrrole nitrogens is 1. The number of aryl methyl sites for hydroxylation is 1. The molecule has 2 aromatic carbocycles. The van der Waals surface area contributed by atoms with Gasteiger partial charge in [0, 0.05) is 23.9 Å². The lowest BCUT2D eigenvalue weighted by Crippen LogP contribution is -2.21. The highest BCUT2D eigenvalue weighted by atomic mass is 16.6. The van der Waals surface area contributed by atoms with Gasteiger partial charge in [0.1, 0.15) is 17.1 Å². The lowest BCUT2D eigenvalue weighted by atomic mass is 10.0. The van der Waals surface area contributed by atoms with Gasteiger partial charge >= 0.3 is 0 Å². The van der Waals surface area contributed by atoms with Crippen molar-refractivity contribution in [1.82, 2.24) is 9.78 Å². The fourth-order valence-electron chi connectivity index (χ4n) is 2.71. The van der Waals surface area contributed by atoms with E-state index < -0.39 is 16.3 Å². The van der Waals surface area contributed by atoms with Crippen LogP contribution in [0.5, 0.6) is 11.5 Å². The van der Waals surface area contributed by atoms with Gasteiger partial charge in [-0.3, -0.25) is 24.8 Å². The molecule has 0 radical (unpaired) electrons. The van der Waals surface area contributed by atoms with Crippen molar-refractivity contribution in [3.63, 3.8) is 0 Å². The number of phenols is 1. The Balaban J connectivity index is 2.09. The molecule has 9 heteroatoms. The molecule has 1 heterocycles. The van der Waals surface area contributed by atoms with Gasteiger partial charge in [0.15, 0.2) is 0 Å². The van der Waals surface area contributed by atoms with Crippen molar-refractivity contribution in [2.45, 2.75) is 6.92 Å². The van der Waals surface area contributed by atoms with Crippen LogP contribution in [0, 0.1) is 17.0 Å². The summed E-state index contributed by atoms with van der Waals surface area (Å²) in [6.45, 7) is 1.53. The van der Waals surface area contributed by atoms with Gasteiger partial charge in [-0.25, -0.2) is 4.68 Å². The molecule has 0 saturated carbocycles. The van der Waals surface area contributed by atoms with Gasteiger partial charge < -0.3 is 9.84 Å². The van der Waals surface area contributed by atoms with Crippen LogP contribution in [0.4, 0.5) is 5.69 Å². The number of aromatic amines is 1. The minimum Gasteiger partial charge on any atom is -0.507 e. The summed E-state index contributed by atoms with van der Waals surface area (Å²) in [5.74, 6) is -0.622. The summed E-state index contributed by atoms with van der Waals surface area (Å²) in [6, 6.07) is 9.58. The summed E-state index contributed by atoms with van der Waals surface area (Å²) in [7, 11) is 1.42. The second kappa shape index (κ2) is 6.79. The Kier molecular flexibility index (Phi) is 4.51. The summed E-state index contributed by atoms with van der Waals surface area (Å²) >= 11 is 0. The third-order valence-corrected chi connectivity index (χ3v) is 4.05. The first-order valence-electron chi connectivity index (χ1n) is 7.81. The Morgan fingerprint density at radius 1 is 1.26 bits per heavy atom. The number of aromatic nitrogens is 2. The number of hydrogen-bond donors (Lipinski definition) is 2. The molecule has 0 unspecified atom stereocenters. The van der Waals surface area contributed by atoms with Crippen LogP contribution in [0.15, 0.2) is 47.3 Å². The number of nitrogens with one attached hydrogen (secondary N) is 1. The number of rotatable bonds is 5. The highest BCUT2D eigenvalue weighted by Crippen LogP contribution is 2.26. The molecule has 0 fully saturated rings. The van der Waals surface area contributed by atoms with E-state index in [0.29, 0.717) is 5.75 Å². The summed E-state index contributed by atoms with van der Waals surface area (Å²) in [4.78, 5) is 35.9. The van der Waals surface area contributed by atoms with Gasteiger partial charge in [-0.2, -0.15) is 0 Å². The van der Waals surface area contributed by atoms with Gasteiger partial charge in [-0.1, -0.05) is 6.07 Å². The smallest absolute Gasteiger partial charge is 0.282 e. The van der Waals surface area contributed by atoms with Crippen molar-refractivity contribution >= 4 is 11.5 Å². The lowest BCUT2D eigenvalue weighted by Gasteiger charge is -2.05. The molecule has 138 valence electrons. The molecule has 0 saturated heterocycles. The van der Waals surface area contributed by atoms with Crippen molar-refractivity contribution in [2.24, 2.45) is 0 Å². The molecule has 0 aliphatic rings. The number of phenolic OH excluding ortho intramolecular Hbond substituents is 1. The molecule has 0 bridgehead atoms. The van der Waals surface area contributed by atoms with E-state index in [1.807, 2.05) is 0 Å². The number of methoxy groups -OCH3 is 1. The van der Waals surface area contributed by atoms with E-state index in [-0.39, 0.29) is 33.9 Å². The zero-order chi connectivity index (χ0) is 19.7. The average Bonchev–Trinajstić information content (AvgIpc) is 2.95. The van der Waals surface area contributed by atoms with Gasteiger partial charge in [0.2, 0.25) is 5.78 Å². The fourth-order valence-corrected chi connectivity index (χ4v) is 2.71. The van der Waals surface area contributed by atoms with Crippen molar-refractivity contribution in [3.8, 4) is 17.2 Å². The third-order valence-electron chi connectivity index (χ3n) is 4.05. The summed E-state index contributed by atoms with van der Waals surface area (Å²) in [5.41, 5.74) is -0.592. The van der Waals surface area contributed by atoms with E-state index in [9.17, 15) is 24.8 Å². The topological polar surface area (TPSA) is 127 Å². The molecule has 0 amide bonds. The number of aromatic hydroxyl groups is 1. The Morgan fingerprint density at radius 2 is 2.00 bits per heavy atom. The first-order chi connectivity index (χ1) is 12.8. The van der Waals surface area contributed by atoms with Gasteiger partial charge in [-0.15, -0.1) is 0 Å². The van der Waals surface area contributed by atoms with E-state index in [4.69, 9.17) is 4.74 Å². The zero-order valence-electron chi connectivity index (χ0n) is 14.4. The van der Waals surface area contributed by atoms with Crippen LogP contribution in [0.3, 0.4) is 0 Å². The maximum absolute atomic E-state index is 12.8. The Bertz CT molecular complexity index is 1110. The number of carbonyl (C=O) groups excluding carboxylic acids is 1. The number of nitrogens with zero attached hydrogens (tertiary/aromatic N) is 2. The fraction of sp³-hybridized carbons (Fsp3) is 0.111. The quantitative estimate of drug-likeness (QED) is 0.404. The highest BCUT2D eigenvalue weighted by molar-refractivity contribution is 6.11. The number of carbonyl (C=O) groups is 1. The van der Waals surface area contributed by atoms with Crippen molar-refractivity contribution < 1.29 is 19.6 Å². The molecular weight excluding hydrogens is 354 g/mol. The van der Waals surface area contributed by atoms with Crippen LogP contribution in [0.25, 0.3) is 5.69 Å². The van der Waals surface area contributed by atoms with Gasteiger partial charge in [0.25, 0.3) is 11.2 Å². The second-order valence-corrected chi connectivity index (χ2v) is 5.74. The average molecular weight is 369 g/mol. The molecule has 0 aliphatic heterocycles. The van der Waals surface area contributed by atoms with Crippen LogP contribution < -0.4 is 10.3 Å². The van der Waals surface area contributed by atoms with Gasteiger partial charge in [-0.05, 0) is 25.1 Å². The number of nitro benzene ring substituents is 1. The maximum atomic E-state index is 12.8. The third kappa shape index (κ3) is 3.17. The van der Waals surface area contributed by atoms with Crippen molar-refractivity contribution in [1.29, 1.82) is 0 Å². The summed E-state index contributed by atoms with van der Waals surface area (Å²) in [5, 5.41) is 23.7. The first-order valence-corrected chi connectivity index (χ1v) is 7.81.